The van der Waals surface area contributed by atoms with Crippen molar-refractivity contribution in [2.45, 2.75) is 13.1 Å². The Bertz CT molecular complexity index is 891. The van der Waals surface area contributed by atoms with Gasteiger partial charge < -0.3 is 10.1 Å². The lowest BCUT2D eigenvalue weighted by Gasteiger charge is -2.21. The molecule has 3 rings (SSSR count). The molecule has 1 aromatic carbocycles. The minimum absolute atomic E-state index is 0.0909. The summed E-state index contributed by atoms with van der Waals surface area (Å²) < 4.78 is 5.18. The fourth-order valence-corrected chi connectivity index (χ4v) is 4.20. The van der Waals surface area contributed by atoms with Crippen LogP contribution in [-0.4, -0.2) is 29.4 Å². The van der Waals surface area contributed by atoms with E-state index in [1.165, 1.54) is 35.1 Å². The van der Waals surface area contributed by atoms with Crippen molar-refractivity contribution in [3.05, 3.63) is 73.1 Å². The monoisotopic (exact) mass is 417 g/mol. The van der Waals surface area contributed by atoms with Crippen molar-refractivity contribution < 1.29 is 14.5 Å². The highest BCUT2D eigenvalue weighted by atomic mass is 32.1. The molecule has 7 nitrogen and oxygen atoms in total. The van der Waals surface area contributed by atoms with Gasteiger partial charge in [0.25, 0.3) is 5.69 Å². The summed E-state index contributed by atoms with van der Waals surface area (Å²) in [5.74, 6) is 0.0471. The summed E-state index contributed by atoms with van der Waals surface area (Å²) in [4.78, 5) is 27.5. The number of nitro benzene ring substituents is 1. The van der Waals surface area contributed by atoms with Crippen molar-refractivity contribution in [3.8, 4) is 5.75 Å². The Morgan fingerprint density at radius 1 is 1.14 bits per heavy atom. The van der Waals surface area contributed by atoms with E-state index in [1.54, 1.807) is 22.7 Å². The number of hydrogen-bond donors (Lipinski definition) is 1. The molecule has 0 aliphatic rings. The van der Waals surface area contributed by atoms with Gasteiger partial charge in [-0.3, -0.25) is 19.8 Å². The first-order valence-corrected chi connectivity index (χ1v) is 10.2. The number of benzene rings is 1. The Kier molecular flexibility index (Phi) is 6.75. The molecule has 2 heterocycles. The van der Waals surface area contributed by atoms with E-state index in [2.05, 4.69) is 10.2 Å². The quantitative estimate of drug-likeness (QED) is 0.413. The van der Waals surface area contributed by atoms with Crippen LogP contribution in [-0.2, 0) is 17.9 Å². The number of nitrogens with one attached hydrogen (secondary N) is 1. The summed E-state index contributed by atoms with van der Waals surface area (Å²) in [6.07, 6.45) is 0. The smallest absolute Gasteiger partial charge is 0.273 e. The van der Waals surface area contributed by atoms with E-state index in [4.69, 9.17) is 4.74 Å². The average molecular weight is 418 g/mol. The molecule has 0 fully saturated rings. The van der Waals surface area contributed by atoms with Crippen LogP contribution < -0.4 is 10.1 Å². The summed E-state index contributed by atoms with van der Waals surface area (Å²) >= 11 is 3.30. The number of nitrogens with zero attached hydrogens (tertiary/aromatic N) is 2. The zero-order chi connectivity index (χ0) is 19.9. The van der Waals surface area contributed by atoms with Crippen LogP contribution in [0.25, 0.3) is 0 Å². The molecule has 0 bridgehead atoms. The van der Waals surface area contributed by atoms with E-state index < -0.39 is 4.92 Å². The predicted molar refractivity (Wildman–Crippen MR) is 111 cm³/mol. The first kappa shape index (κ1) is 20.0. The van der Waals surface area contributed by atoms with Gasteiger partial charge >= 0.3 is 0 Å². The van der Waals surface area contributed by atoms with Crippen LogP contribution in [0.5, 0.6) is 5.75 Å². The molecule has 0 aliphatic carbocycles. The molecule has 0 aliphatic heterocycles. The second-order valence-electron chi connectivity index (χ2n) is 5.99. The normalized spacial score (nSPS) is 10.8. The lowest BCUT2D eigenvalue weighted by Crippen LogP contribution is -2.32. The minimum atomic E-state index is -0.502. The number of carbonyl (C=O) groups excluding carboxylic acids is 1. The lowest BCUT2D eigenvalue weighted by molar-refractivity contribution is -0.384. The number of non-ortho nitro benzene ring substituents is 1. The second kappa shape index (κ2) is 9.45. The highest BCUT2D eigenvalue weighted by Crippen LogP contribution is 2.29. The topological polar surface area (TPSA) is 84.7 Å². The third kappa shape index (κ3) is 5.38. The number of carbonyl (C=O) groups is 1. The molecule has 1 N–H and O–H groups in total. The van der Waals surface area contributed by atoms with Gasteiger partial charge in [-0.15, -0.1) is 22.7 Å². The van der Waals surface area contributed by atoms with E-state index >= 15 is 0 Å². The summed E-state index contributed by atoms with van der Waals surface area (Å²) in [5, 5.41) is 17.7. The van der Waals surface area contributed by atoms with E-state index in [1.807, 2.05) is 35.0 Å². The molecule has 146 valence electrons. The maximum atomic E-state index is 12.6. The van der Waals surface area contributed by atoms with Gasteiger partial charge in [0.1, 0.15) is 5.75 Å². The van der Waals surface area contributed by atoms with E-state index in [0.29, 0.717) is 18.8 Å². The maximum Gasteiger partial charge on any atom is 0.273 e. The first-order valence-electron chi connectivity index (χ1n) is 8.44. The number of hydrogen-bond acceptors (Lipinski definition) is 7. The fourth-order valence-electron chi connectivity index (χ4n) is 2.70. The minimum Gasteiger partial charge on any atom is -0.494 e. The van der Waals surface area contributed by atoms with Crippen molar-refractivity contribution in [2.24, 2.45) is 0 Å². The van der Waals surface area contributed by atoms with Gasteiger partial charge in [-0.25, -0.2) is 0 Å². The molecule has 3 aromatic rings. The van der Waals surface area contributed by atoms with Gasteiger partial charge in [0, 0.05) is 28.9 Å². The highest BCUT2D eigenvalue weighted by molar-refractivity contribution is 7.10. The fraction of sp³-hybridized carbons (Fsp3) is 0.211. The Labute approximate surface area is 170 Å². The number of thiophene rings is 2. The van der Waals surface area contributed by atoms with Gasteiger partial charge in [-0.2, -0.15) is 0 Å². The predicted octanol–water partition coefficient (Wildman–Crippen LogP) is 4.37. The van der Waals surface area contributed by atoms with Crippen LogP contribution >= 0.6 is 22.7 Å². The Morgan fingerprint density at radius 2 is 1.79 bits per heavy atom. The van der Waals surface area contributed by atoms with Crippen LogP contribution in [0.15, 0.2) is 53.2 Å². The number of methoxy groups -OCH3 is 1. The standard InChI is InChI=1S/C19H19N3O4S2/c1-26-18-10-14(22(24)25)6-7-17(18)20-19(23)13-21(11-15-4-2-8-27-15)12-16-5-3-9-28-16/h2-10H,11-13H2,1H3,(H,20,23). The average Bonchev–Trinajstić information content (AvgIpc) is 3.36. The highest BCUT2D eigenvalue weighted by Gasteiger charge is 2.17. The van der Waals surface area contributed by atoms with Crippen LogP contribution in [0.2, 0.25) is 0 Å². The first-order chi connectivity index (χ1) is 13.5. The van der Waals surface area contributed by atoms with Crippen LogP contribution in [0.4, 0.5) is 11.4 Å². The zero-order valence-electron chi connectivity index (χ0n) is 15.2. The van der Waals surface area contributed by atoms with E-state index in [-0.39, 0.29) is 23.9 Å². The molecule has 0 saturated carbocycles. The number of amides is 1. The summed E-state index contributed by atoms with van der Waals surface area (Å²) in [6.45, 7) is 1.52. The molecular formula is C19H19N3O4S2. The van der Waals surface area contributed by atoms with Crippen molar-refractivity contribution in [1.29, 1.82) is 0 Å². The molecule has 0 radical (unpaired) electrons. The van der Waals surface area contributed by atoms with Crippen molar-refractivity contribution in [2.75, 3.05) is 19.0 Å². The summed E-state index contributed by atoms with van der Waals surface area (Å²) in [5.41, 5.74) is 0.317. The third-order valence-corrected chi connectivity index (χ3v) is 5.68. The van der Waals surface area contributed by atoms with Gasteiger partial charge in [0.15, 0.2) is 0 Å². The lowest BCUT2D eigenvalue weighted by atomic mass is 10.2. The SMILES string of the molecule is COc1cc([N+](=O)[O-])ccc1NC(=O)CN(Cc1cccs1)Cc1cccs1. The Balaban J connectivity index is 1.70. The molecule has 0 spiro atoms. The van der Waals surface area contributed by atoms with Crippen LogP contribution in [0.1, 0.15) is 9.75 Å². The molecule has 0 atom stereocenters. The second-order valence-corrected chi connectivity index (χ2v) is 8.06. The summed E-state index contributed by atoms with van der Waals surface area (Å²) in [6, 6.07) is 12.2. The van der Waals surface area contributed by atoms with Crippen molar-refractivity contribution in [1.82, 2.24) is 4.90 Å². The van der Waals surface area contributed by atoms with E-state index in [0.717, 1.165) is 0 Å². The molecular weight excluding hydrogens is 398 g/mol. The van der Waals surface area contributed by atoms with Crippen molar-refractivity contribution in [3.63, 3.8) is 0 Å². The Hall–Kier alpha value is -2.75. The molecule has 0 saturated heterocycles. The molecule has 0 unspecified atom stereocenters. The number of nitro groups is 1. The van der Waals surface area contributed by atoms with Gasteiger partial charge in [0.05, 0.1) is 30.3 Å². The Morgan fingerprint density at radius 3 is 2.29 bits per heavy atom. The number of rotatable bonds is 9. The summed E-state index contributed by atoms with van der Waals surface area (Å²) in [7, 11) is 1.41. The largest absolute Gasteiger partial charge is 0.494 e. The van der Waals surface area contributed by atoms with Gasteiger partial charge in [-0.05, 0) is 29.0 Å². The van der Waals surface area contributed by atoms with E-state index in [9.17, 15) is 14.9 Å². The van der Waals surface area contributed by atoms with Crippen LogP contribution in [0, 0.1) is 10.1 Å². The number of ether oxygens (including phenoxy) is 1. The molecule has 1 amide bonds. The number of anilines is 1. The third-order valence-electron chi connectivity index (χ3n) is 3.96. The van der Waals surface area contributed by atoms with Gasteiger partial charge in [-0.1, -0.05) is 12.1 Å². The molecule has 28 heavy (non-hydrogen) atoms. The molecule has 2 aromatic heterocycles. The van der Waals surface area contributed by atoms with Crippen molar-refractivity contribution >= 4 is 40.0 Å². The van der Waals surface area contributed by atoms with Crippen LogP contribution in [0.3, 0.4) is 0 Å². The molecule has 9 heteroatoms. The maximum absolute atomic E-state index is 12.6. The van der Waals surface area contributed by atoms with Gasteiger partial charge in [0.2, 0.25) is 5.91 Å². The zero-order valence-corrected chi connectivity index (χ0v) is 16.8.